The summed E-state index contributed by atoms with van der Waals surface area (Å²) in [7, 11) is -1.06. The third-order valence-corrected chi connectivity index (χ3v) is 7.05. The van der Waals surface area contributed by atoms with Gasteiger partial charge in [0.1, 0.15) is 22.4 Å². The van der Waals surface area contributed by atoms with Crippen molar-refractivity contribution in [1.82, 2.24) is 9.62 Å². The smallest absolute Gasteiger partial charge is 0.247 e. The van der Waals surface area contributed by atoms with E-state index >= 15 is 0 Å². The van der Waals surface area contributed by atoms with Crippen LogP contribution in [0.25, 0.3) is 0 Å². The summed E-state index contributed by atoms with van der Waals surface area (Å²) in [6.45, 7) is 2.16. The van der Waals surface area contributed by atoms with Crippen molar-refractivity contribution < 1.29 is 22.7 Å². The van der Waals surface area contributed by atoms with Crippen molar-refractivity contribution in [3.8, 4) is 11.5 Å². The van der Waals surface area contributed by atoms with E-state index in [-0.39, 0.29) is 29.1 Å². The van der Waals surface area contributed by atoms with Gasteiger partial charge < -0.3 is 14.8 Å². The monoisotopic (exact) mass is 418 g/mol. The van der Waals surface area contributed by atoms with Crippen molar-refractivity contribution in [2.75, 3.05) is 20.8 Å². The van der Waals surface area contributed by atoms with Gasteiger partial charge in [0.15, 0.2) is 0 Å². The fourth-order valence-corrected chi connectivity index (χ4v) is 5.37. The zero-order valence-electron chi connectivity index (χ0n) is 16.8. The molecule has 0 aromatic heterocycles. The first-order valence-electron chi connectivity index (χ1n) is 9.47. The molecule has 0 radical (unpaired) electrons. The molecule has 1 fully saturated rings. The Morgan fingerprint density at radius 2 is 1.86 bits per heavy atom. The number of nitrogens with zero attached hydrogens (tertiary/aromatic N) is 1. The Morgan fingerprint density at radius 1 is 1.14 bits per heavy atom. The fraction of sp³-hybridized carbons (Fsp3) is 0.381. The Bertz CT molecular complexity index is 962. The Morgan fingerprint density at radius 3 is 2.52 bits per heavy atom. The number of sulfonamides is 1. The summed E-state index contributed by atoms with van der Waals surface area (Å²) in [5.74, 6) is 0.320. The third kappa shape index (κ3) is 4.38. The molecule has 1 N–H and O–H groups in total. The van der Waals surface area contributed by atoms with Gasteiger partial charge in [-0.2, -0.15) is 4.31 Å². The first-order valence-corrected chi connectivity index (χ1v) is 10.9. The summed E-state index contributed by atoms with van der Waals surface area (Å²) < 4.78 is 38.4. The van der Waals surface area contributed by atoms with Crippen molar-refractivity contribution in [3.63, 3.8) is 0 Å². The maximum atomic E-state index is 13.4. The number of carbonyl (C=O) groups is 1. The molecule has 29 heavy (non-hydrogen) atoms. The van der Waals surface area contributed by atoms with Crippen LogP contribution in [-0.4, -0.2) is 45.4 Å². The lowest BCUT2D eigenvalue weighted by atomic mass is 10.1. The van der Waals surface area contributed by atoms with Gasteiger partial charge >= 0.3 is 0 Å². The molecule has 2 aromatic rings. The highest BCUT2D eigenvalue weighted by Gasteiger charge is 2.41. The zero-order valence-corrected chi connectivity index (χ0v) is 17.6. The largest absolute Gasteiger partial charge is 0.497 e. The summed E-state index contributed by atoms with van der Waals surface area (Å²) >= 11 is 0. The second kappa shape index (κ2) is 8.84. The topological polar surface area (TPSA) is 84.9 Å². The molecule has 1 aliphatic heterocycles. The average Bonchev–Trinajstić information content (AvgIpc) is 3.25. The highest BCUT2D eigenvalue weighted by Crippen LogP contribution is 2.34. The standard InChI is InChI=1S/C21H26N2O5S/c1-15(16-8-5-4-6-9-16)22-21(24)18-10-7-13-23(18)29(25,26)20-14-17(27-2)11-12-19(20)28-3/h4-6,8-9,11-12,14-15,18H,7,10,13H2,1-3H3,(H,22,24)/t15-,18+/m1/s1. The van der Waals surface area contributed by atoms with E-state index in [1.54, 1.807) is 12.1 Å². The van der Waals surface area contributed by atoms with E-state index < -0.39 is 16.1 Å². The first kappa shape index (κ1) is 21.1. The van der Waals surface area contributed by atoms with E-state index in [9.17, 15) is 13.2 Å². The molecule has 2 atom stereocenters. The van der Waals surface area contributed by atoms with Gasteiger partial charge in [0.05, 0.1) is 20.3 Å². The first-order chi connectivity index (χ1) is 13.9. The maximum Gasteiger partial charge on any atom is 0.247 e. The Labute approximate surface area is 171 Å². The maximum absolute atomic E-state index is 13.4. The number of hydrogen-bond acceptors (Lipinski definition) is 5. The van der Waals surface area contributed by atoms with Crippen LogP contribution in [0.2, 0.25) is 0 Å². The zero-order chi connectivity index (χ0) is 21.0. The molecule has 1 amide bonds. The summed E-state index contributed by atoms with van der Waals surface area (Å²) in [6.07, 6.45) is 1.09. The lowest BCUT2D eigenvalue weighted by molar-refractivity contribution is -0.124. The molecule has 3 rings (SSSR count). The summed E-state index contributed by atoms with van der Waals surface area (Å²) in [5, 5.41) is 2.94. The molecule has 1 saturated heterocycles. The van der Waals surface area contributed by atoms with Gasteiger partial charge in [-0.15, -0.1) is 0 Å². The van der Waals surface area contributed by atoms with Gasteiger partial charge in [-0.25, -0.2) is 8.42 Å². The van der Waals surface area contributed by atoms with Crippen LogP contribution in [0.4, 0.5) is 0 Å². The van der Waals surface area contributed by atoms with Crippen LogP contribution >= 0.6 is 0 Å². The normalized spacial score (nSPS) is 18.2. The number of ether oxygens (including phenoxy) is 2. The van der Waals surface area contributed by atoms with Crippen LogP contribution in [0.5, 0.6) is 11.5 Å². The predicted octanol–water partition coefficient (Wildman–Crippen LogP) is 2.73. The highest BCUT2D eigenvalue weighted by atomic mass is 32.2. The summed E-state index contributed by atoms with van der Waals surface area (Å²) in [4.78, 5) is 12.9. The molecule has 0 unspecified atom stereocenters. The Kier molecular flexibility index (Phi) is 6.44. The number of amides is 1. The fourth-order valence-electron chi connectivity index (χ4n) is 3.54. The minimum atomic E-state index is -3.94. The van der Waals surface area contributed by atoms with E-state index in [0.717, 1.165) is 5.56 Å². The van der Waals surface area contributed by atoms with Gasteiger partial charge in [-0.05, 0) is 37.5 Å². The summed E-state index contributed by atoms with van der Waals surface area (Å²) in [5.41, 5.74) is 0.961. The third-order valence-electron chi connectivity index (χ3n) is 5.12. The van der Waals surface area contributed by atoms with Gasteiger partial charge in [-0.3, -0.25) is 4.79 Å². The highest BCUT2D eigenvalue weighted by molar-refractivity contribution is 7.89. The van der Waals surface area contributed by atoms with Gasteiger partial charge in [0.2, 0.25) is 15.9 Å². The van der Waals surface area contributed by atoms with Crippen LogP contribution in [0.1, 0.15) is 31.4 Å². The van der Waals surface area contributed by atoms with Crippen molar-refractivity contribution in [3.05, 3.63) is 54.1 Å². The van der Waals surface area contributed by atoms with Gasteiger partial charge in [0.25, 0.3) is 0 Å². The lowest BCUT2D eigenvalue weighted by Gasteiger charge is -2.26. The SMILES string of the molecule is COc1ccc(OC)c(S(=O)(=O)N2CCC[C@H]2C(=O)N[C@H](C)c2ccccc2)c1. The van der Waals surface area contributed by atoms with Crippen LogP contribution in [0.3, 0.4) is 0 Å². The Hall–Kier alpha value is -2.58. The van der Waals surface area contributed by atoms with Crippen molar-refractivity contribution in [2.45, 2.75) is 36.7 Å². The van der Waals surface area contributed by atoms with E-state index in [4.69, 9.17) is 9.47 Å². The number of hydrogen-bond donors (Lipinski definition) is 1. The summed E-state index contributed by atoms with van der Waals surface area (Å²) in [6, 6.07) is 13.2. The van der Waals surface area contributed by atoms with E-state index in [1.165, 1.54) is 24.6 Å². The van der Waals surface area contributed by atoms with E-state index in [1.807, 2.05) is 37.3 Å². The molecule has 0 aliphatic carbocycles. The molecule has 0 saturated carbocycles. The van der Waals surface area contributed by atoms with Crippen LogP contribution < -0.4 is 14.8 Å². The van der Waals surface area contributed by atoms with E-state index in [2.05, 4.69) is 5.32 Å². The minimum absolute atomic E-state index is 0.00448. The van der Waals surface area contributed by atoms with Crippen LogP contribution in [0, 0.1) is 0 Å². The van der Waals surface area contributed by atoms with Gasteiger partial charge in [0, 0.05) is 12.6 Å². The number of benzene rings is 2. The van der Waals surface area contributed by atoms with Crippen molar-refractivity contribution >= 4 is 15.9 Å². The molecule has 1 heterocycles. The van der Waals surface area contributed by atoms with Crippen molar-refractivity contribution in [1.29, 1.82) is 0 Å². The molecule has 7 nitrogen and oxygen atoms in total. The van der Waals surface area contributed by atoms with Crippen LogP contribution in [0.15, 0.2) is 53.4 Å². The molecule has 1 aliphatic rings. The Balaban J connectivity index is 1.85. The molecule has 156 valence electrons. The molecule has 2 aromatic carbocycles. The predicted molar refractivity (Wildman–Crippen MR) is 109 cm³/mol. The number of methoxy groups -OCH3 is 2. The lowest BCUT2D eigenvalue weighted by Crippen LogP contribution is -2.46. The number of rotatable bonds is 7. The van der Waals surface area contributed by atoms with Crippen LogP contribution in [-0.2, 0) is 14.8 Å². The molecular weight excluding hydrogens is 392 g/mol. The molecule has 0 spiro atoms. The quantitative estimate of drug-likeness (QED) is 0.747. The van der Waals surface area contributed by atoms with Gasteiger partial charge in [-0.1, -0.05) is 30.3 Å². The molecule has 0 bridgehead atoms. The second-order valence-electron chi connectivity index (χ2n) is 6.93. The minimum Gasteiger partial charge on any atom is -0.497 e. The number of nitrogens with one attached hydrogen (secondary N) is 1. The molecule has 8 heteroatoms. The second-order valence-corrected chi connectivity index (χ2v) is 8.79. The molecular formula is C21H26N2O5S. The average molecular weight is 419 g/mol. The van der Waals surface area contributed by atoms with E-state index in [0.29, 0.717) is 18.6 Å². The number of carbonyl (C=O) groups excluding carboxylic acids is 1. The van der Waals surface area contributed by atoms with Crippen molar-refractivity contribution in [2.24, 2.45) is 0 Å².